The number of rotatable bonds is 7. The number of halogens is 1. The molecule has 1 N–H and O–H groups in total. The Bertz CT molecular complexity index is 1490. The molecule has 0 aliphatic rings. The van der Waals surface area contributed by atoms with Crippen molar-refractivity contribution in [2.45, 2.75) is 6.54 Å². The van der Waals surface area contributed by atoms with Crippen LogP contribution in [0.2, 0.25) is 0 Å². The van der Waals surface area contributed by atoms with Gasteiger partial charge in [0, 0.05) is 50.0 Å². The molecule has 3 aromatic heterocycles. The minimum atomic E-state index is -0.286. The van der Waals surface area contributed by atoms with Crippen LogP contribution in [0.4, 0.5) is 21.7 Å². The lowest BCUT2D eigenvalue weighted by Gasteiger charge is -2.13. The largest absolute Gasteiger partial charge is 0.378 e. The zero-order valence-corrected chi connectivity index (χ0v) is 20.8. The van der Waals surface area contributed by atoms with Gasteiger partial charge in [-0.1, -0.05) is 0 Å². The molecule has 0 atom stereocenters. The van der Waals surface area contributed by atoms with Crippen molar-refractivity contribution < 1.29 is 4.39 Å². The highest BCUT2D eigenvalue weighted by Crippen LogP contribution is 2.33. The highest BCUT2D eigenvalue weighted by Gasteiger charge is 2.18. The van der Waals surface area contributed by atoms with Crippen molar-refractivity contribution in [1.29, 1.82) is 0 Å². The van der Waals surface area contributed by atoms with Gasteiger partial charge in [0.15, 0.2) is 0 Å². The van der Waals surface area contributed by atoms with Crippen LogP contribution in [-0.4, -0.2) is 52.4 Å². The molecule has 0 aliphatic carbocycles. The SMILES string of the molecule is CN(C)Cc1ccn2c(-c3ccnc(Nc4ccc(N(C)C)cc4)n3)c(-c3ccc(F)cc3)nc2c1. The second-order valence-electron chi connectivity index (χ2n) is 9.15. The molecule has 0 saturated heterocycles. The zero-order valence-electron chi connectivity index (χ0n) is 20.8. The Morgan fingerprint density at radius 3 is 2.33 bits per heavy atom. The molecule has 5 rings (SSSR count). The number of nitrogens with one attached hydrogen (secondary N) is 1. The summed E-state index contributed by atoms with van der Waals surface area (Å²) in [4.78, 5) is 18.3. The van der Waals surface area contributed by atoms with Crippen LogP contribution in [0.3, 0.4) is 0 Å². The lowest BCUT2D eigenvalue weighted by atomic mass is 10.1. The van der Waals surface area contributed by atoms with Crippen LogP contribution < -0.4 is 10.2 Å². The summed E-state index contributed by atoms with van der Waals surface area (Å²) in [7, 11) is 8.09. The molecule has 0 saturated carbocycles. The highest BCUT2D eigenvalue weighted by atomic mass is 19.1. The average molecular weight is 482 g/mol. The summed E-state index contributed by atoms with van der Waals surface area (Å²) in [6.07, 6.45) is 3.74. The predicted octanol–water partition coefficient (Wildman–Crippen LogP) is 5.47. The van der Waals surface area contributed by atoms with Crippen LogP contribution >= 0.6 is 0 Å². The Kier molecular flexibility index (Phi) is 6.35. The number of pyridine rings is 1. The Hall–Kier alpha value is -4.30. The molecule has 36 heavy (non-hydrogen) atoms. The smallest absolute Gasteiger partial charge is 0.227 e. The number of hydrogen-bond donors (Lipinski definition) is 1. The fourth-order valence-electron chi connectivity index (χ4n) is 4.13. The highest BCUT2D eigenvalue weighted by molar-refractivity contribution is 5.81. The third-order valence-corrected chi connectivity index (χ3v) is 5.85. The van der Waals surface area contributed by atoms with Crippen LogP contribution in [0.5, 0.6) is 0 Å². The van der Waals surface area contributed by atoms with Gasteiger partial charge in [-0.15, -0.1) is 0 Å². The molecular weight excluding hydrogens is 453 g/mol. The quantitative estimate of drug-likeness (QED) is 0.333. The van der Waals surface area contributed by atoms with Gasteiger partial charge in [-0.2, -0.15) is 0 Å². The zero-order chi connectivity index (χ0) is 25.2. The molecule has 0 amide bonds. The van der Waals surface area contributed by atoms with Gasteiger partial charge >= 0.3 is 0 Å². The van der Waals surface area contributed by atoms with E-state index < -0.39 is 0 Å². The van der Waals surface area contributed by atoms with Crippen LogP contribution in [0.25, 0.3) is 28.3 Å². The van der Waals surface area contributed by atoms with Crippen molar-refractivity contribution in [1.82, 2.24) is 24.3 Å². The van der Waals surface area contributed by atoms with E-state index in [9.17, 15) is 4.39 Å². The van der Waals surface area contributed by atoms with E-state index in [2.05, 4.69) is 27.3 Å². The van der Waals surface area contributed by atoms with Gasteiger partial charge in [-0.3, -0.25) is 4.40 Å². The number of imidazole rings is 1. The van der Waals surface area contributed by atoms with E-state index in [-0.39, 0.29) is 5.82 Å². The Morgan fingerprint density at radius 1 is 0.889 bits per heavy atom. The number of benzene rings is 2. The monoisotopic (exact) mass is 481 g/mol. The van der Waals surface area contributed by atoms with Crippen molar-refractivity contribution in [3.8, 4) is 22.6 Å². The first-order chi connectivity index (χ1) is 17.4. The molecule has 0 bridgehead atoms. The first-order valence-corrected chi connectivity index (χ1v) is 11.7. The van der Waals surface area contributed by atoms with Crippen molar-refractivity contribution in [3.05, 3.63) is 90.5 Å². The van der Waals surface area contributed by atoms with Crippen LogP contribution in [0.1, 0.15) is 5.56 Å². The molecule has 0 fully saturated rings. The standard InChI is InChI=1S/C28H28FN7/c1-34(2)18-19-14-16-36-25(17-19)33-26(20-5-7-21(29)8-6-20)27(36)24-13-15-30-28(32-24)31-22-9-11-23(12-10-22)35(3)4/h5-17H,18H2,1-4H3,(H,30,31,32). The minimum Gasteiger partial charge on any atom is -0.378 e. The summed E-state index contributed by atoms with van der Waals surface area (Å²) < 4.78 is 15.7. The summed E-state index contributed by atoms with van der Waals surface area (Å²) in [6, 6.07) is 20.5. The maximum atomic E-state index is 13.7. The molecule has 2 aromatic carbocycles. The second-order valence-corrected chi connectivity index (χ2v) is 9.15. The molecule has 0 spiro atoms. The summed E-state index contributed by atoms with van der Waals surface area (Å²) in [5.41, 5.74) is 7.04. The molecule has 182 valence electrons. The topological polar surface area (TPSA) is 61.6 Å². The van der Waals surface area contributed by atoms with Gasteiger partial charge in [0.2, 0.25) is 5.95 Å². The first-order valence-electron chi connectivity index (χ1n) is 11.7. The van der Waals surface area contributed by atoms with Crippen LogP contribution in [0.15, 0.2) is 79.1 Å². The van der Waals surface area contributed by atoms with E-state index in [4.69, 9.17) is 9.97 Å². The van der Waals surface area contributed by atoms with E-state index >= 15 is 0 Å². The lowest BCUT2D eigenvalue weighted by Crippen LogP contribution is -2.10. The molecule has 0 unspecified atom stereocenters. The van der Waals surface area contributed by atoms with Crippen molar-refractivity contribution in [3.63, 3.8) is 0 Å². The Morgan fingerprint density at radius 2 is 1.64 bits per heavy atom. The Labute approximate surface area is 209 Å². The van der Waals surface area contributed by atoms with Gasteiger partial charge in [-0.05, 0) is 86.4 Å². The molecule has 8 heteroatoms. The molecule has 5 aromatic rings. The molecule has 7 nitrogen and oxygen atoms in total. The predicted molar refractivity (Wildman–Crippen MR) is 143 cm³/mol. The second kappa shape index (κ2) is 9.75. The van der Waals surface area contributed by atoms with E-state index in [1.807, 2.05) is 74.0 Å². The normalized spacial score (nSPS) is 11.3. The molecule has 0 aliphatic heterocycles. The maximum absolute atomic E-state index is 13.7. The van der Waals surface area contributed by atoms with Crippen molar-refractivity contribution in [2.75, 3.05) is 38.4 Å². The van der Waals surface area contributed by atoms with Crippen molar-refractivity contribution in [2.24, 2.45) is 0 Å². The van der Waals surface area contributed by atoms with Gasteiger partial charge < -0.3 is 15.1 Å². The van der Waals surface area contributed by atoms with Crippen molar-refractivity contribution >= 4 is 23.0 Å². The third kappa shape index (κ3) is 4.89. The number of anilines is 3. The van der Waals surface area contributed by atoms with Gasteiger partial charge in [-0.25, -0.2) is 19.3 Å². The van der Waals surface area contributed by atoms with E-state index in [0.29, 0.717) is 11.6 Å². The first kappa shape index (κ1) is 23.4. The minimum absolute atomic E-state index is 0.286. The van der Waals surface area contributed by atoms with Gasteiger partial charge in [0.1, 0.15) is 11.5 Å². The summed E-state index contributed by atoms with van der Waals surface area (Å²) in [5, 5.41) is 3.29. The number of hydrogen-bond acceptors (Lipinski definition) is 6. The number of aromatic nitrogens is 4. The molecule has 0 radical (unpaired) electrons. The lowest BCUT2D eigenvalue weighted by molar-refractivity contribution is 0.402. The van der Waals surface area contributed by atoms with E-state index in [1.165, 1.54) is 12.1 Å². The Balaban J connectivity index is 1.58. The number of nitrogens with zero attached hydrogens (tertiary/aromatic N) is 6. The average Bonchev–Trinajstić information content (AvgIpc) is 3.23. The van der Waals surface area contributed by atoms with Crippen LogP contribution in [0, 0.1) is 5.82 Å². The third-order valence-electron chi connectivity index (χ3n) is 5.85. The fourth-order valence-corrected chi connectivity index (χ4v) is 4.13. The summed E-state index contributed by atoms with van der Waals surface area (Å²) in [6.45, 7) is 0.804. The number of fused-ring (bicyclic) bond motifs is 1. The fraction of sp³-hybridized carbons (Fsp3) is 0.179. The van der Waals surface area contributed by atoms with E-state index in [0.717, 1.165) is 46.1 Å². The molecular formula is C28H28FN7. The van der Waals surface area contributed by atoms with Gasteiger partial charge in [0.25, 0.3) is 0 Å². The summed E-state index contributed by atoms with van der Waals surface area (Å²) >= 11 is 0. The maximum Gasteiger partial charge on any atom is 0.227 e. The molecule has 3 heterocycles. The summed E-state index contributed by atoms with van der Waals surface area (Å²) in [5.74, 6) is 0.195. The van der Waals surface area contributed by atoms with Crippen LogP contribution in [-0.2, 0) is 6.54 Å². The van der Waals surface area contributed by atoms with E-state index in [1.54, 1.807) is 18.3 Å². The van der Waals surface area contributed by atoms with Gasteiger partial charge in [0.05, 0.1) is 17.1 Å².